The number of aromatic nitrogens is 1. The highest BCUT2D eigenvalue weighted by atomic mass is 35.5. The molecule has 0 atom stereocenters. The Bertz CT molecular complexity index is 1020. The van der Waals surface area contributed by atoms with Crippen LogP contribution in [0.2, 0.25) is 10.0 Å². The quantitative estimate of drug-likeness (QED) is 0.536. The fourth-order valence-corrected chi connectivity index (χ4v) is 3.98. The zero-order valence-electron chi connectivity index (χ0n) is 15.7. The maximum Gasteiger partial charge on any atom is 0.257 e. The molecule has 2 amide bonds. The molecule has 2 aromatic carbocycles. The molecule has 3 aromatic rings. The van der Waals surface area contributed by atoms with Gasteiger partial charge in [-0.1, -0.05) is 41.4 Å². The van der Waals surface area contributed by atoms with Crippen molar-refractivity contribution >= 4 is 51.5 Å². The van der Waals surface area contributed by atoms with E-state index >= 15 is 0 Å². The minimum atomic E-state index is -0.219. The number of nitrogens with zero attached hydrogens (tertiary/aromatic N) is 1. The van der Waals surface area contributed by atoms with Crippen molar-refractivity contribution in [1.29, 1.82) is 0 Å². The number of anilines is 1. The molecule has 3 rings (SSSR count). The zero-order chi connectivity index (χ0) is 20.8. The van der Waals surface area contributed by atoms with Crippen molar-refractivity contribution in [2.75, 3.05) is 11.9 Å². The van der Waals surface area contributed by atoms with E-state index in [1.54, 1.807) is 30.5 Å². The van der Waals surface area contributed by atoms with Gasteiger partial charge < -0.3 is 5.32 Å². The van der Waals surface area contributed by atoms with Gasteiger partial charge in [0.25, 0.3) is 5.91 Å². The summed E-state index contributed by atoms with van der Waals surface area (Å²) in [4.78, 5) is 28.6. The SMILES string of the molecule is CC(=O)NCCc1ccc(C(=O)Nc2ncc(Cc3ccc(Cl)cc3Cl)s2)cc1. The maximum atomic E-state index is 12.5. The van der Waals surface area contributed by atoms with E-state index in [9.17, 15) is 9.59 Å². The molecule has 1 heterocycles. The van der Waals surface area contributed by atoms with Crippen LogP contribution in [-0.4, -0.2) is 23.3 Å². The van der Waals surface area contributed by atoms with Crippen LogP contribution in [0.5, 0.6) is 0 Å². The number of amides is 2. The van der Waals surface area contributed by atoms with Crippen LogP contribution in [0.1, 0.15) is 33.3 Å². The average molecular weight is 448 g/mol. The number of hydrogen-bond donors (Lipinski definition) is 2. The lowest BCUT2D eigenvalue weighted by Crippen LogP contribution is -2.22. The van der Waals surface area contributed by atoms with E-state index in [0.717, 1.165) is 16.0 Å². The van der Waals surface area contributed by atoms with Crippen molar-refractivity contribution in [2.24, 2.45) is 0 Å². The van der Waals surface area contributed by atoms with Gasteiger partial charge in [0.1, 0.15) is 0 Å². The molecule has 0 bridgehead atoms. The van der Waals surface area contributed by atoms with E-state index in [0.29, 0.717) is 40.1 Å². The van der Waals surface area contributed by atoms with Crippen molar-refractivity contribution < 1.29 is 9.59 Å². The predicted octanol–water partition coefficient (Wildman–Crippen LogP) is 4.97. The lowest BCUT2D eigenvalue weighted by molar-refractivity contribution is -0.118. The first-order valence-electron chi connectivity index (χ1n) is 8.94. The zero-order valence-corrected chi connectivity index (χ0v) is 18.0. The van der Waals surface area contributed by atoms with E-state index in [1.165, 1.54) is 18.3 Å². The Hall–Kier alpha value is -2.41. The second-order valence-electron chi connectivity index (χ2n) is 6.43. The Morgan fingerprint density at radius 2 is 1.86 bits per heavy atom. The minimum absolute atomic E-state index is 0.0536. The van der Waals surface area contributed by atoms with Crippen LogP contribution in [-0.2, 0) is 17.6 Å². The predicted molar refractivity (Wildman–Crippen MR) is 118 cm³/mol. The molecule has 0 saturated carbocycles. The first kappa shape index (κ1) is 21.3. The molecule has 150 valence electrons. The van der Waals surface area contributed by atoms with Crippen LogP contribution in [0.4, 0.5) is 5.13 Å². The van der Waals surface area contributed by atoms with Gasteiger partial charge in [0.05, 0.1) is 0 Å². The summed E-state index contributed by atoms with van der Waals surface area (Å²) in [5.74, 6) is -0.272. The molecular weight excluding hydrogens is 429 g/mol. The van der Waals surface area contributed by atoms with Crippen LogP contribution >= 0.6 is 34.5 Å². The lowest BCUT2D eigenvalue weighted by atomic mass is 10.1. The first-order valence-corrected chi connectivity index (χ1v) is 10.5. The van der Waals surface area contributed by atoms with Gasteiger partial charge in [-0.25, -0.2) is 4.98 Å². The van der Waals surface area contributed by atoms with Gasteiger partial charge in [-0.3, -0.25) is 14.9 Å². The Kier molecular flexibility index (Phi) is 7.25. The lowest BCUT2D eigenvalue weighted by Gasteiger charge is -2.05. The molecule has 0 aliphatic carbocycles. The van der Waals surface area contributed by atoms with Crippen molar-refractivity contribution in [2.45, 2.75) is 19.8 Å². The second-order valence-corrected chi connectivity index (χ2v) is 8.39. The van der Waals surface area contributed by atoms with Crippen LogP contribution in [0.25, 0.3) is 0 Å². The standard InChI is InChI=1S/C21H19Cl2N3O2S/c1-13(27)24-9-8-14-2-4-15(5-3-14)20(28)26-21-25-12-18(29-21)10-16-6-7-17(22)11-19(16)23/h2-7,11-12H,8-10H2,1H3,(H,24,27)(H,25,26,28). The normalized spacial score (nSPS) is 10.6. The molecule has 0 fully saturated rings. The number of rotatable bonds is 7. The van der Waals surface area contributed by atoms with Gasteiger partial charge >= 0.3 is 0 Å². The van der Waals surface area contributed by atoms with Crippen LogP contribution in [0, 0.1) is 0 Å². The maximum absolute atomic E-state index is 12.5. The van der Waals surface area contributed by atoms with Gasteiger partial charge in [-0.2, -0.15) is 0 Å². The fourth-order valence-electron chi connectivity index (χ4n) is 2.67. The number of nitrogens with one attached hydrogen (secondary N) is 2. The Morgan fingerprint density at radius 3 is 2.55 bits per heavy atom. The molecule has 1 aromatic heterocycles. The molecule has 0 aliphatic heterocycles. The molecule has 0 radical (unpaired) electrons. The summed E-state index contributed by atoms with van der Waals surface area (Å²) in [5.41, 5.74) is 2.55. The molecule has 29 heavy (non-hydrogen) atoms. The van der Waals surface area contributed by atoms with Crippen LogP contribution in [0.3, 0.4) is 0 Å². The third-order valence-corrected chi connectivity index (χ3v) is 5.66. The van der Waals surface area contributed by atoms with E-state index in [4.69, 9.17) is 23.2 Å². The summed E-state index contributed by atoms with van der Waals surface area (Å²) in [5, 5.41) is 7.31. The Balaban J connectivity index is 1.57. The summed E-state index contributed by atoms with van der Waals surface area (Å²) in [6.07, 6.45) is 3.06. The third kappa shape index (κ3) is 6.29. The van der Waals surface area contributed by atoms with Gasteiger partial charge in [0.2, 0.25) is 5.91 Å². The summed E-state index contributed by atoms with van der Waals surface area (Å²) < 4.78 is 0. The van der Waals surface area contributed by atoms with Crippen molar-refractivity contribution in [3.8, 4) is 0 Å². The van der Waals surface area contributed by atoms with Gasteiger partial charge in [0.15, 0.2) is 5.13 Å². The number of carbonyl (C=O) groups excluding carboxylic acids is 2. The third-order valence-electron chi connectivity index (χ3n) is 4.16. The molecule has 0 saturated heterocycles. The first-order chi connectivity index (χ1) is 13.9. The number of benzene rings is 2. The highest BCUT2D eigenvalue weighted by Gasteiger charge is 2.11. The minimum Gasteiger partial charge on any atom is -0.356 e. The molecule has 5 nitrogen and oxygen atoms in total. The van der Waals surface area contributed by atoms with E-state index in [-0.39, 0.29) is 11.8 Å². The van der Waals surface area contributed by atoms with Gasteiger partial charge in [-0.15, -0.1) is 11.3 Å². The smallest absolute Gasteiger partial charge is 0.257 e. The Morgan fingerprint density at radius 1 is 1.10 bits per heavy atom. The van der Waals surface area contributed by atoms with Crippen molar-refractivity contribution in [1.82, 2.24) is 10.3 Å². The van der Waals surface area contributed by atoms with Crippen molar-refractivity contribution in [3.05, 3.63) is 80.3 Å². The van der Waals surface area contributed by atoms with E-state index in [2.05, 4.69) is 15.6 Å². The average Bonchev–Trinajstić information content (AvgIpc) is 3.11. The van der Waals surface area contributed by atoms with Gasteiger partial charge in [0, 0.05) is 46.6 Å². The van der Waals surface area contributed by atoms with E-state index in [1.807, 2.05) is 18.2 Å². The van der Waals surface area contributed by atoms with Crippen LogP contribution < -0.4 is 10.6 Å². The Labute approximate surface area is 183 Å². The molecule has 0 unspecified atom stereocenters. The number of hydrogen-bond acceptors (Lipinski definition) is 4. The molecule has 0 aliphatic rings. The topological polar surface area (TPSA) is 71.1 Å². The molecular formula is C21H19Cl2N3O2S. The highest BCUT2D eigenvalue weighted by Crippen LogP contribution is 2.27. The van der Waals surface area contributed by atoms with Crippen molar-refractivity contribution in [3.63, 3.8) is 0 Å². The molecule has 0 spiro atoms. The summed E-state index contributed by atoms with van der Waals surface area (Å²) in [7, 11) is 0. The summed E-state index contributed by atoms with van der Waals surface area (Å²) in [6.45, 7) is 2.06. The largest absolute Gasteiger partial charge is 0.356 e. The fraction of sp³-hybridized carbons (Fsp3) is 0.190. The number of halogens is 2. The van der Waals surface area contributed by atoms with Gasteiger partial charge in [-0.05, 0) is 41.8 Å². The number of carbonyl (C=O) groups is 2. The molecule has 8 heteroatoms. The van der Waals surface area contributed by atoms with E-state index < -0.39 is 0 Å². The number of thiazole rings is 1. The molecule has 2 N–H and O–H groups in total. The van der Waals surface area contributed by atoms with Crippen LogP contribution in [0.15, 0.2) is 48.7 Å². The monoisotopic (exact) mass is 447 g/mol. The summed E-state index contributed by atoms with van der Waals surface area (Å²) >= 11 is 13.6. The second kappa shape index (κ2) is 9.87. The highest BCUT2D eigenvalue weighted by molar-refractivity contribution is 7.15. The summed E-state index contributed by atoms with van der Waals surface area (Å²) in [6, 6.07) is 12.7.